The number of rotatable bonds is 8. The van der Waals surface area contributed by atoms with Gasteiger partial charge in [0.15, 0.2) is 0 Å². The molecular formula is C26H28F3N2O2. The minimum absolute atomic E-state index is 0.00912. The van der Waals surface area contributed by atoms with E-state index in [-0.39, 0.29) is 11.5 Å². The van der Waals surface area contributed by atoms with Crippen LogP contribution in [-0.2, 0) is 11.5 Å². The van der Waals surface area contributed by atoms with Crippen LogP contribution in [0.5, 0.6) is 11.5 Å². The van der Waals surface area contributed by atoms with Crippen molar-refractivity contribution in [3.05, 3.63) is 60.3 Å². The van der Waals surface area contributed by atoms with E-state index in [4.69, 9.17) is 0 Å². The van der Waals surface area contributed by atoms with Gasteiger partial charge in [-0.15, -0.1) is 13.2 Å². The van der Waals surface area contributed by atoms with Crippen molar-refractivity contribution in [2.24, 2.45) is 5.92 Å². The summed E-state index contributed by atoms with van der Waals surface area (Å²) in [4.78, 5) is 6.48. The molecular weight excluding hydrogens is 429 g/mol. The zero-order valence-electron chi connectivity index (χ0n) is 18.5. The van der Waals surface area contributed by atoms with Crippen LogP contribution in [0.2, 0.25) is 0 Å². The Morgan fingerprint density at radius 3 is 2.42 bits per heavy atom. The molecule has 0 bridgehead atoms. The van der Waals surface area contributed by atoms with Gasteiger partial charge < -0.3 is 9.64 Å². The zero-order chi connectivity index (χ0) is 23.3. The molecule has 1 fully saturated rings. The van der Waals surface area contributed by atoms with Gasteiger partial charge in [0.25, 0.3) is 0 Å². The Morgan fingerprint density at radius 2 is 1.70 bits per heavy atom. The third kappa shape index (κ3) is 6.30. The van der Waals surface area contributed by atoms with E-state index in [1.807, 2.05) is 24.3 Å². The average molecular weight is 458 g/mol. The van der Waals surface area contributed by atoms with Crippen LogP contribution in [0.4, 0.5) is 18.9 Å². The number of pyridine rings is 1. The Hall–Kier alpha value is -2.96. The maximum absolute atomic E-state index is 12.5. The van der Waals surface area contributed by atoms with E-state index in [9.17, 15) is 18.3 Å². The number of ether oxygens (including phenoxy) is 1. The van der Waals surface area contributed by atoms with Crippen molar-refractivity contribution in [3.63, 3.8) is 0 Å². The van der Waals surface area contributed by atoms with Gasteiger partial charge in [-0.3, -0.25) is 10.1 Å². The van der Waals surface area contributed by atoms with Crippen LogP contribution < -0.4 is 9.64 Å². The first-order chi connectivity index (χ1) is 15.9. The number of hydrogen-bond acceptors (Lipinski definition) is 3. The van der Waals surface area contributed by atoms with Gasteiger partial charge in [0.05, 0.1) is 17.4 Å². The summed E-state index contributed by atoms with van der Waals surface area (Å²) < 4.78 is 40.6. The van der Waals surface area contributed by atoms with E-state index in [1.165, 1.54) is 24.8 Å². The van der Waals surface area contributed by atoms with Gasteiger partial charge in [0, 0.05) is 18.5 Å². The lowest BCUT2D eigenvalue weighted by atomic mass is 9.90. The topological polar surface area (TPSA) is 45.3 Å². The van der Waals surface area contributed by atoms with Gasteiger partial charge in [-0.1, -0.05) is 49.6 Å². The standard InChI is InChI=1S/C26H28F3N2O2/c27-26(28,29)33-21-12-10-19(11-13-21)6-2-1-3-7-20-14-16-31(17-15-20)25-22-8-4-5-9-23(22)30-18-24(25)32/h4-5,8-13,18,20H,1-3,6-7,14-17H2. The zero-order valence-corrected chi connectivity index (χ0v) is 18.5. The molecule has 1 aliphatic heterocycles. The highest BCUT2D eigenvalue weighted by atomic mass is 19.4. The molecule has 1 radical (unpaired) electrons. The van der Waals surface area contributed by atoms with Crippen molar-refractivity contribution in [2.75, 3.05) is 18.0 Å². The molecule has 7 heteroatoms. The normalized spacial score (nSPS) is 15.2. The third-order valence-electron chi connectivity index (χ3n) is 6.38. The summed E-state index contributed by atoms with van der Waals surface area (Å²) in [5, 5.41) is 13.4. The molecule has 1 saturated heterocycles. The third-order valence-corrected chi connectivity index (χ3v) is 6.38. The molecule has 1 aliphatic rings. The highest BCUT2D eigenvalue weighted by Crippen LogP contribution is 2.37. The van der Waals surface area contributed by atoms with Gasteiger partial charge >= 0.3 is 6.36 Å². The minimum atomic E-state index is -4.65. The number of benzene rings is 2. The number of nitrogens with zero attached hydrogens (tertiary/aromatic N) is 2. The van der Waals surface area contributed by atoms with Crippen LogP contribution >= 0.6 is 0 Å². The van der Waals surface area contributed by atoms with Crippen LogP contribution in [0.15, 0.2) is 54.7 Å². The first-order valence-corrected chi connectivity index (χ1v) is 11.5. The summed E-state index contributed by atoms with van der Waals surface area (Å²) in [5.41, 5.74) is 2.67. The van der Waals surface area contributed by atoms with E-state index in [1.54, 1.807) is 12.1 Å². The molecule has 0 saturated carbocycles. The second-order valence-corrected chi connectivity index (χ2v) is 8.71. The van der Waals surface area contributed by atoms with Gasteiger partial charge in [-0.2, -0.15) is 0 Å². The number of hydrogen-bond donors (Lipinski definition) is 0. The molecule has 33 heavy (non-hydrogen) atoms. The lowest BCUT2D eigenvalue weighted by molar-refractivity contribution is -0.274. The molecule has 175 valence electrons. The maximum atomic E-state index is 12.5. The van der Waals surface area contributed by atoms with E-state index in [0.29, 0.717) is 5.92 Å². The minimum Gasteiger partial charge on any atom is -0.406 e. The molecule has 0 N–H and O–H groups in total. The predicted molar refractivity (Wildman–Crippen MR) is 122 cm³/mol. The van der Waals surface area contributed by atoms with Crippen molar-refractivity contribution in [1.29, 1.82) is 0 Å². The van der Waals surface area contributed by atoms with E-state index in [0.717, 1.165) is 73.8 Å². The Labute approximate surface area is 192 Å². The van der Waals surface area contributed by atoms with Crippen LogP contribution in [0.3, 0.4) is 0 Å². The Bertz CT molecular complexity index is 1050. The molecule has 1 aromatic heterocycles. The number of para-hydroxylation sites is 1. The molecule has 2 heterocycles. The Balaban J connectivity index is 1.18. The summed E-state index contributed by atoms with van der Waals surface area (Å²) in [6, 6.07) is 13.9. The van der Waals surface area contributed by atoms with Crippen molar-refractivity contribution in [2.45, 2.75) is 51.3 Å². The summed E-state index contributed by atoms with van der Waals surface area (Å²) >= 11 is 0. The highest BCUT2D eigenvalue weighted by molar-refractivity contribution is 5.94. The molecule has 4 rings (SSSR count). The van der Waals surface area contributed by atoms with Gasteiger partial charge in [-0.25, -0.2) is 0 Å². The second kappa shape index (κ2) is 10.3. The molecule has 0 unspecified atom stereocenters. The molecule has 2 aromatic carbocycles. The fourth-order valence-corrected chi connectivity index (χ4v) is 4.68. The number of unbranched alkanes of at least 4 members (excludes halogenated alkanes) is 2. The van der Waals surface area contributed by atoms with Crippen LogP contribution in [0.25, 0.3) is 10.9 Å². The second-order valence-electron chi connectivity index (χ2n) is 8.71. The average Bonchev–Trinajstić information content (AvgIpc) is 2.79. The quantitative estimate of drug-likeness (QED) is 0.334. The van der Waals surface area contributed by atoms with Crippen LogP contribution in [-0.4, -0.2) is 24.4 Å². The van der Waals surface area contributed by atoms with E-state index in [2.05, 4.69) is 14.6 Å². The molecule has 0 atom stereocenters. The number of anilines is 1. The van der Waals surface area contributed by atoms with Gasteiger partial charge in [0.2, 0.25) is 5.75 Å². The number of piperidine rings is 1. The number of fused-ring (bicyclic) bond motifs is 1. The first kappa shape index (κ1) is 23.2. The van der Waals surface area contributed by atoms with Gasteiger partial charge in [0.1, 0.15) is 5.75 Å². The summed E-state index contributed by atoms with van der Waals surface area (Å²) in [7, 11) is 0. The molecule has 0 aliphatic carbocycles. The smallest absolute Gasteiger partial charge is 0.406 e. The van der Waals surface area contributed by atoms with Crippen LogP contribution in [0.1, 0.15) is 44.1 Å². The lowest BCUT2D eigenvalue weighted by Gasteiger charge is -2.34. The van der Waals surface area contributed by atoms with Crippen molar-refractivity contribution in [1.82, 2.24) is 4.98 Å². The fraction of sp³-hybridized carbons (Fsp3) is 0.423. The predicted octanol–water partition coefficient (Wildman–Crippen LogP) is 7.30. The number of aromatic nitrogens is 1. The first-order valence-electron chi connectivity index (χ1n) is 11.5. The summed E-state index contributed by atoms with van der Waals surface area (Å²) in [6.45, 7) is 1.78. The van der Waals surface area contributed by atoms with E-state index < -0.39 is 6.36 Å². The molecule has 0 amide bonds. The molecule has 4 nitrogen and oxygen atoms in total. The number of halogens is 3. The van der Waals surface area contributed by atoms with Crippen molar-refractivity contribution >= 4 is 16.6 Å². The number of aryl methyl sites for hydroxylation is 1. The fourth-order valence-electron chi connectivity index (χ4n) is 4.68. The highest BCUT2D eigenvalue weighted by Gasteiger charge is 2.31. The Kier molecular flexibility index (Phi) is 7.26. The molecule has 0 spiro atoms. The van der Waals surface area contributed by atoms with Gasteiger partial charge in [-0.05, 0) is 55.4 Å². The van der Waals surface area contributed by atoms with E-state index >= 15 is 0 Å². The lowest BCUT2D eigenvalue weighted by Crippen LogP contribution is -2.33. The van der Waals surface area contributed by atoms with Crippen LogP contribution in [0, 0.1) is 5.92 Å². The summed E-state index contributed by atoms with van der Waals surface area (Å²) in [6.07, 6.45) is 4.22. The molecule has 3 aromatic rings. The summed E-state index contributed by atoms with van der Waals surface area (Å²) in [5.74, 6) is 0.481. The maximum Gasteiger partial charge on any atom is 0.573 e. The Morgan fingerprint density at radius 1 is 0.970 bits per heavy atom. The SMILES string of the molecule is [O]c1cnc2ccccc2c1N1CCC(CCCCCc2ccc(OC(F)(F)F)cc2)CC1. The number of alkyl halides is 3. The largest absolute Gasteiger partial charge is 0.573 e. The van der Waals surface area contributed by atoms with Crippen molar-refractivity contribution < 1.29 is 23.0 Å². The van der Waals surface area contributed by atoms with Crippen molar-refractivity contribution in [3.8, 4) is 11.5 Å². The monoisotopic (exact) mass is 457 g/mol.